The molecular formula is C17H15N3O2. The molecule has 0 aliphatic carbocycles. The first-order valence-electron chi connectivity index (χ1n) is 6.83. The Balaban J connectivity index is 2.02. The van der Waals surface area contributed by atoms with Crippen molar-refractivity contribution in [2.75, 3.05) is 12.4 Å². The summed E-state index contributed by atoms with van der Waals surface area (Å²) in [6, 6.07) is 18.4. The number of methoxy groups -OCH3 is 1. The average Bonchev–Trinajstić information content (AvgIpc) is 2.55. The number of ether oxygens (including phenoxy) is 1. The van der Waals surface area contributed by atoms with Crippen LogP contribution < -0.4 is 15.6 Å². The highest BCUT2D eigenvalue weighted by Crippen LogP contribution is 2.27. The van der Waals surface area contributed by atoms with Gasteiger partial charge in [0, 0.05) is 17.3 Å². The fraction of sp³-hybridized carbons (Fsp3) is 0.0588. The van der Waals surface area contributed by atoms with E-state index in [4.69, 9.17) is 4.74 Å². The number of hydrogen-bond acceptors (Lipinski definition) is 4. The van der Waals surface area contributed by atoms with Crippen molar-refractivity contribution in [2.24, 2.45) is 0 Å². The molecule has 0 bridgehead atoms. The molecule has 2 aromatic carbocycles. The van der Waals surface area contributed by atoms with E-state index < -0.39 is 0 Å². The van der Waals surface area contributed by atoms with Crippen LogP contribution in [0.4, 0.5) is 11.6 Å². The van der Waals surface area contributed by atoms with E-state index in [0.717, 1.165) is 11.3 Å². The molecule has 5 nitrogen and oxygen atoms in total. The van der Waals surface area contributed by atoms with E-state index in [9.17, 15) is 4.79 Å². The molecule has 0 spiro atoms. The first-order valence-corrected chi connectivity index (χ1v) is 6.83. The van der Waals surface area contributed by atoms with Crippen LogP contribution in [0, 0.1) is 0 Å². The SMILES string of the molecule is COc1ccccc1-c1cc(=O)[nH]c(Nc2ccccc2)n1. The largest absolute Gasteiger partial charge is 0.496 e. The molecule has 0 aliphatic rings. The second-order valence-electron chi connectivity index (χ2n) is 4.67. The second kappa shape index (κ2) is 6.13. The zero-order valence-corrected chi connectivity index (χ0v) is 12.0. The summed E-state index contributed by atoms with van der Waals surface area (Å²) in [5.74, 6) is 1.06. The minimum atomic E-state index is -0.227. The fourth-order valence-electron chi connectivity index (χ4n) is 2.17. The molecular weight excluding hydrogens is 278 g/mol. The van der Waals surface area contributed by atoms with Gasteiger partial charge < -0.3 is 10.1 Å². The Morgan fingerprint density at radius 1 is 1.05 bits per heavy atom. The van der Waals surface area contributed by atoms with E-state index in [1.807, 2.05) is 54.6 Å². The minimum Gasteiger partial charge on any atom is -0.496 e. The van der Waals surface area contributed by atoms with Gasteiger partial charge in [0.2, 0.25) is 5.95 Å². The number of rotatable bonds is 4. The Morgan fingerprint density at radius 3 is 2.55 bits per heavy atom. The molecule has 2 N–H and O–H groups in total. The lowest BCUT2D eigenvalue weighted by Crippen LogP contribution is -2.10. The minimum absolute atomic E-state index is 0.227. The van der Waals surface area contributed by atoms with Crippen LogP contribution in [0.15, 0.2) is 65.5 Å². The Bertz CT molecular complexity index is 829. The molecule has 110 valence electrons. The molecule has 5 heteroatoms. The van der Waals surface area contributed by atoms with Crippen LogP contribution in [-0.2, 0) is 0 Å². The van der Waals surface area contributed by atoms with Crippen molar-refractivity contribution in [3.8, 4) is 17.0 Å². The smallest absolute Gasteiger partial charge is 0.252 e. The number of benzene rings is 2. The third-order valence-corrected chi connectivity index (χ3v) is 3.16. The molecule has 1 heterocycles. The highest BCUT2D eigenvalue weighted by atomic mass is 16.5. The molecule has 3 aromatic rings. The summed E-state index contributed by atoms with van der Waals surface area (Å²) >= 11 is 0. The van der Waals surface area contributed by atoms with Crippen molar-refractivity contribution in [3.63, 3.8) is 0 Å². The molecule has 0 fully saturated rings. The van der Waals surface area contributed by atoms with Gasteiger partial charge in [-0.3, -0.25) is 9.78 Å². The maximum Gasteiger partial charge on any atom is 0.252 e. The molecule has 0 saturated heterocycles. The summed E-state index contributed by atoms with van der Waals surface area (Å²) in [6.45, 7) is 0. The van der Waals surface area contributed by atoms with E-state index in [-0.39, 0.29) is 5.56 Å². The summed E-state index contributed by atoms with van der Waals surface area (Å²) < 4.78 is 5.33. The molecule has 0 saturated carbocycles. The van der Waals surface area contributed by atoms with E-state index in [2.05, 4.69) is 15.3 Å². The predicted octanol–water partition coefficient (Wildman–Crippen LogP) is 3.19. The maximum absolute atomic E-state index is 11.9. The Morgan fingerprint density at radius 2 is 1.77 bits per heavy atom. The van der Waals surface area contributed by atoms with Gasteiger partial charge in [-0.05, 0) is 24.3 Å². The number of hydrogen-bond donors (Lipinski definition) is 2. The lowest BCUT2D eigenvalue weighted by atomic mass is 10.1. The van der Waals surface area contributed by atoms with Crippen LogP contribution in [0.2, 0.25) is 0 Å². The summed E-state index contributed by atoms with van der Waals surface area (Å²) in [4.78, 5) is 19.0. The van der Waals surface area contributed by atoms with Gasteiger partial charge in [0.25, 0.3) is 5.56 Å². The molecule has 3 rings (SSSR count). The Labute approximate surface area is 127 Å². The van der Waals surface area contributed by atoms with Crippen molar-refractivity contribution in [3.05, 3.63) is 71.0 Å². The normalized spacial score (nSPS) is 10.2. The van der Waals surface area contributed by atoms with E-state index in [0.29, 0.717) is 17.4 Å². The molecule has 1 aromatic heterocycles. The van der Waals surface area contributed by atoms with Crippen LogP contribution in [-0.4, -0.2) is 17.1 Å². The zero-order chi connectivity index (χ0) is 15.4. The number of anilines is 2. The van der Waals surface area contributed by atoms with Crippen LogP contribution in [0.5, 0.6) is 5.75 Å². The van der Waals surface area contributed by atoms with Crippen molar-refractivity contribution in [1.82, 2.24) is 9.97 Å². The molecule has 0 amide bonds. The van der Waals surface area contributed by atoms with Gasteiger partial charge in [0.1, 0.15) is 5.75 Å². The van der Waals surface area contributed by atoms with Gasteiger partial charge in [-0.1, -0.05) is 30.3 Å². The van der Waals surface area contributed by atoms with Crippen LogP contribution >= 0.6 is 0 Å². The van der Waals surface area contributed by atoms with Gasteiger partial charge in [0.05, 0.1) is 12.8 Å². The molecule has 22 heavy (non-hydrogen) atoms. The molecule has 0 aliphatic heterocycles. The quantitative estimate of drug-likeness (QED) is 0.775. The predicted molar refractivity (Wildman–Crippen MR) is 86.6 cm³/mol. The van der Waals surface area contributed by atoms with Crippen molar-refractivity contribution in [1.29, 1.82) is 0 Å². The number of H-pyrrole nitrogens is 1. The lowest BCUT2D eigenvalue weighted by molar-refractivity contribution is 0.416. The second-order valence-corrected chi connectivity index (χ2v) is 4.67. The van der Waals surface area contributed by atoms with Crippen molar-refractivity contribution >= 4 is 11.6 Å². The van der Waals surface area contributed by atoms with Gasteiger partial charge in [0.15, 0.2) is 0 Å². The van der Waals surface area contributed by atoms with E-state index in [1.54, 1.807) is 7.11 Å². The first-order chi connectivity index (χ1) is 10.8. The summed E-state index contributed by atoms with van der Waals surface area (Å²) in [6.07, 6.45) is 0. The third kappa shape index (κ3) is 2.98. The fourth-order valence-corrected chi connectivity index (χ4v) is 2.17. The van der Waals surface area contributed by atoms with E-state index in [1.165, 1.54) is 6.07 Å². The first kappa shape index (κ1) is 13.9. The third-order valence-electron chi connectivity index (χ3n) is 3.16. The van der Waals surface area contributed by atoms with Crippen LogP contribution in [0.1, 0.15) is 0 Å². The van der Waals surface area contributed by atoms with Crippen LogP contribution in [0.25, 0.3) is 11.3 Å². The number of aromatic amines is 1. The number of nitrogens with one attached hydrogen (secondary N) is 2. The Kier molecular flexibility index (Phi) is 3.87. The zero-order valence-electron chi connectivity index (χ0n) is 12.0. The van der Waals surface area contributed by atoms with Gasteiger partial charge in [-0.25, -0.2) is 4.98 Å². The van der Waals surface area contributed by atoms with E-state index >= 15 is 0 Å². The highest BCUT2D eigenvalue weighted by molar-refractivity contribution is 5.68. The van der Waals surface area contributed by atoms with Crippen LogP contribution in [0.3, 0.4) is 0 Å². The number of para-hydroxylation sites is 2. The van der Waals surface area contributed by atoms with Gasteiger partial charge >= 0.3 is 0 Å². The monoisotopic (exact) mass is 293 g/mol. The van der Waals surface area contributed by atoms with Gasteiger partial charge in [-0.2, -0.15) is 0 Å². The lowest BCUT2D eigenvalue weighted by Gasteiger charge is -2.09. The molecule has 0 radical (unpaired) electrons. The summed E-state index contributed by atoms with van der Waals surface area (Å²) in [7, 11) is 1.59. The Hall–Kier alpha value is -3.08. The molecule has 0 atom stereocenters. The number of aromatic nitrogens is 2. The van der Waals surface area contributed by atoms with Gasteiger partial charge in [-0.15, -0.1) is 0 Å². The standard InChI is InChI=1S/C17H15N3O2/c1-22-15-10-6-5-9-13(15)14-11-16(21)20-17(19-14)18-12-7-3-2-4-8-12/h2-11H,1H3,(H2,18,19,20,21). The molecule has 0 unspecified atom stereocenters. The maximum atomic E-state index is 11.9. The van der Waals surface area contributed by atoms with Crippen molar-refractivity contribution in [2.45, 2.75) is 0 Å². The summed E-state index contributed by atoms with van der Waals surface area (Å²) in [5.41, 5.74) is 1.95. The highest BCUT2D eigenvalue weighted by Gasteiger charge is 2.09. The van der Waals surface area contributed by atoms with Crippen molar-refractivity contribution < 1.29 is 4.74 Å². The average molecular weight is 293 g/mol. The number of nitrogens with zero attached hydrogens (tertiary/aromatic N) is 1. The topological polar surface area (TPSA) is 67.0 Å². The summed E-state index contributed by atoms with van der Waals surface area (Å²) in [5, 5.41) is 3.08.